The van der Waals surface area contributed by atoms with Gasteiger partial charge >= 0.3 is 0 Å². The van der Waals surface area contributed by atoms with Crippen LogP contribution in [0.1, 0.15) is 28.9 Å². The summed E-state index contributed by atoms with van der Waals surface area (Å²) in [4.78, 5) is 19.3. The largest absolute Gasteiger partial charge is 0.287 e. The van der Waals surface area contributed by atoms with Gasteiger partial charge in [0, 0.05) is 18.4 Å². The van der Waals surface area contributed by atoms with Gasteiger partial charge in [-0.3, -0.25) is 10.2 Å². The van der Waals surface area contributed by atoms with Gasteiger partial charge in [0.25, 0.3) is 5.91 Å². The Balaban J connectivity index is 1.91. The monoisotopic (exact) mass is 242 g/mol. The Morgan fingerprint density at radius 3 is 2.50 bits per heavy atom. The van der Waals surface area contributed by atoms with Gasteiger partial charge in [0.1, 0.15) is 6.33 Å². The lowest BCUT2D eigenvalue weighted by molar-refractivity contribution is 0.0925. The summed E-state index contributed by atoms with van der Waals surface area (Å²) in [6.07, 6.45) is 4.32. The standard InChI is InChI=1S/C13H14N4O/c1-10(11-5-3-2-4-6-11)16-17-13(18)12-7-14-9-15-8-12/h2-10,16H,1H3,(H,17,18). The van der Waals surface area contributed by atoms with Crippen molar-refractivity contribution in [2.75, 3.05) is 0 Å². The van der Waals surface area contributed by atoms with E-state index in [9.17, 15) is 4.79 Å². The molecule has 2 rings (SSSR count). The number of carbonyl (C=O) groups excluding carboxylic acids is 1. The first kappa shape index (κ1) is 12.2. The van der Waals surface area contributed by atoms with Crippen molar-refractivity contribution in [1.29, 1.82) is 0 Å². The van der Waals surface area contributed by atoms with Crippen LogP contribution in [0.15, 0.2) is 49.1 Å². The molecule has 92 valence electrons. The molecule has 1 aromatic carbocycles. The minimum Gasteiger partial charge on any atom is -0.287 e. The Hall–Kier alpha value is -2.27. The molecule has 18 heavy (non-hydrogen) atoms. The molecule has 0 spiro atoms. The molecule has 0 bridgehead atoms. The normalized spacial score (nSPS) is 11.8. The van der Waals surface area contributed by atoms with Crippen molar-refractivity contribution in [2.24, 2.45) is 0 Å². The van der Waals surface area contributed by atoms with Crippen LogP contribution in [0.5, 0.6) is 0 Å². The molecule has 0 aliphatic heterocycles. The zero-order valence-corrected chi connectivity index (χ0v) is 10.00. The van der Waals surface area contributed by atoms with Crippen molar-refractivity contribution < 1.29 is 4.79 Å². The van der Waals surface area contributed by atoms with E-state index in [4.69, 9.17) is 0 Å². The number of amides is 1. The molecule has 0 aliphatic carbocycles. The van der Waals surface area contributed by atoms with Crippen molar-refractivity contribution >= 4 is 5.91 Å². The van der Waals surface area contributed by atoms with E-state index < -0.39 is 0 Å². The highest BCUT2D eigenvalue weighted by Gasteiger charge is 2.08. The average Bonchev–Trinajstić information content (AvgIpc) is 2.46. The number of nitrogens with zero attached hydrogens (tertiary/aromatic N) is 2. The highest BCUT2D eigenvalue weighted by atomic mass is 16.2. The summed E-state index contributed by atoms with van der Waals surface area (Å²) in [7, 11) is 0. The van der Waals surface area contributed by atoms with Crippen LogP contribution in [-0.2, 0) is 0 Å². The molecule has 1 aromatic heterocycles. The third kappa shape index (κ3) is 3.11. The minimum atomic E-state index is -0.251. The summed E-state index contributed by atoms with van der Waals surface area (Å²) >= 11 is 0. The van der Waals surface area contributed by atoms with Crippen molar-refractivity contribution in [3.05, 3.63) is 60.2 Å². The third-order valence-corrected chi connectivity index (χ3v) is 2.52. The number of hydrogen-bond acceptors (Lipinski definition) is 4. The smallest absolute Gasteiger partial charge is 0.268 e. The zero-order chi connectivity index (χ0) is 12.8. The SMILES string of the molecule is CC(NNC(=O)c1cncnc1)c1ccccc1. The lowest BCUT2D eigenvalue weighted by atomic mass is 10.1. The summed E-state index contributed by atoms with van der Waals surface area (Å²) in [5.74, 6) is -0.251. The van der Waals surface area contributed by atoms with Gasteiger partial charge in [-0.15, -0.1) is 0 Å². The summed E-state index contributed by atoms with van der Waals surface area (Å²) in [5, 5.41) is 0. The van der Waals surface area contributed by atoms with Crippen molar-refractivity contribution in [3.63, 3.8) is 0 Å². The molecule has 0 fully saturated rings. The van der Waals surface area contributed by atoms with Gasteiger partial charge in [0.2, 0.25) is 0 Å². The van der Waals surface area contributed by atoms with E-state index in [2.05, 4.69) is 20.8 Å². The maximum Gasteiger partial charge on any atom is 0.268 e. The van der Waals surface area contributed by atoms with Crippen molar-refractivity contribution in [1.82, 2.24) is 20.8 Å². The molecule has 0 saturated heterocycles. The number of hydrazine groups is 1. The highest BCUT2D eigenvalue weighted by molar-refractivity contribution is 5.93. The Kier molecular flexibility index (Phi) is 3.98. The van der Waals surface area contributed by atoms with Crippen LogP contribution in [0.2, 0.25) is 0 Å². The second-order valence-electron chi connectivity index (χ2n) is 3.86. The van der Waals surface area contributed by atoms with Crippen LogP contribution in [0, 0.1) is 0 Å². The Morgan fingerprint density at radius 1 is 1.17 bits per heavy atom. The number of rotatable bonds is 4. The lowest BCUT2D eigenvalue weighted by Crippen LogP contribution is -2.39. The topological polar surface area (TPSA) is 66.9 Å². The first-order valence-corrected chi connectivity index (χ1v) is 5.63. The molecule has 1 heterocycles. The second-order valence-corrected chi connectivity index (χ2v) is 3.86. The molecule has 1 atom stereocenters. The maximum absolute atomic E-state index is 11.7. The van der Waals surface area contributed by atoms with E-state index in [1.165, 1.54) is 18.7 Å². The van der Waals surface area contributed by atoms with E-state index in [0.29, 0.717) is 5.56 Å². The molecule has 5 nitrogen and oxygen atoms in total. The maximum atomic E-state index is 11.7. The van der Waals surface area contributed by atoms with E-state index in [-0.39, 0.29) is 11.9 Å². The Labute approximate surface area is 105 Å². The molecule has 0 radical (unpaired) electrons. The fourth-order valence-corrected chi connectivity index (χ4v) is 1.49. The van der Waals surface area contributed by atoms with E-state index >= 15 is 0 Å². The Bertz CT molecular complexity index is 501. The average molecular weight is 242 g/mol. The van der Waals surface area contributed by atoms with Crippen LogP contribution in [0.25, 0.3) is 0 Å². The predicted octanol–water partition coefficient (Wildman–Crippen LogP) is 1.47. The Morgan fingerprint density at radius 2 is 1.83 bits per heavy atom. The number of benzene rings is 1. The quantitative estimate of drug-likeness (QED) is 0.797. The van der Waals surface area contributed by atoms with Crippen LogP contribution in [-0.4, -0.2) is 15.9 Å². The second kappa shape index (κ2) is 5.88. The van der Waals surface area contributed by atoms with E-state index in [0.717, 1.165) is 5.56 Å². The molecule has 1 unspecified atom stereocenters. The van der Waals surface area contributed by atoms with Crippen LogP contribution < -0.4 is 10.9 Å². The fraction of sp³-hybridized carbons (Fsp3) is 0.154. The van der Waals surface area contributed by atoms with Gasteiger partial charge in [0.05, 0.1) is 5.56 Å². The number of nitrogens with one attached hydrogen (secondary N) is 2. The first-order chi connectivity index (χ1) is 8.77. The fourth-order valence-electron chi connectivity index (χ4n) is 1.49. The molecule has 1 amide bonds. The van der Waals surface area contributed by atoms with Crippen LogP contribution in [0.3, 0.4) is 0 Å². The summed E-state index contributed by atoms with van der Waals surface area (Å²) < 4.78 is 0. The van der Waals surface area contributed by atoms with Crippen molar-refractivity contribution in [2.45, 2.75) is 13.0 Å². The minimum absolute atomic E-state index is 0.0276. The predicted molar refractivity (Wildman–Crippen MR) is 67.5 cm³/mol. The number of hydrogen-bond donors (Lipinski definition) is 2. The van der Waals surface area contributed by atoms with Crippen LogP contribution in [0.4, 0.5) is 0 Å². The summed E-state index contributed by atoms with van der Waals surface area (Å²) in [5.41, 5.74) is 7.09. The third-order valence-electron chi connectivity index (χ3n) is 2.52. The summed E-state index contributed by atoms with van der Waals surface area (Å²) in [6.45, 7) is 1.97. The molecule has 5 heteroatoms. The van der Waals surface area contributed by atoms with Gasteiger partial charge in [-0.25, -0.2) is 15.4 Å². The van der Waals surface area contributed by atoms with Gasteiger partial charge in [-0.05, 0) is 12.5 Å². The van der Waals surface area contributed by atoms with E-state index in [1.54, 1.807) is 0 Å². The molecule has 0 saturated carbocycles. The molecular weight excluding hydrogens is 228 g/mol. The summed E-state index contributed by atoms with van der Waals surface area (Å²) in [6, 6.07) is 9.89. The highest BCUT2D eigenvalue weighted by Crippen LogP contribution is 2.09. The number of carbonyl (C=O) groups is 1. The van der Waals surface area contributed by atoms with E-state index in [1.807, 2.05) is 37.3 Å². The molecular formula is C13H14N4O. The van der Waals surface area contributed by atoms with Gasteiger partial charge in [-0.1, -0.05) is 30.3 Å². The first-order valence-electron chi connectivity index (χ1n) is 5.63. The molecule has 0 aliphatic rings. The van der Waals surface area contributed by atoms with Crippen molar-refractivity contribution in [3.8, 4) is 0 Å². The molecule has 2 N–H and O–H groups in total. The number of aromatic nitrogens is 2. The van der Waals surface area contributed by atoms with Gasteiger partial charge in [-0.2, -0.15) is 0 Å². The van der Waals surface area contributed by atoms with Gasteiger partial charge in [0.15, 0.2) is 0 Å². The lowest BCUT2D eigenvalue weighted by Gasteiger charge is -2.14. The van der Waals surface area contributed by atoms with Crippen LogP contribution >= 0.6 is 0 Å². The zero-order valence-electron chi connectivity index (χ0n) is 10.00. The van der Waals surface area contributed by atoms with Gasteiger partial charge < -0.3 is 0 Å². The molecule has 2 aromatic rings.